The Morgan fingerprint density at radius 2 is 1.64 bits per heavy atom. The van der Waals surface area contributed by atoms with Crippen LogP contribution >= 0.6 is 0 Å². The van der Waals surface area contributed by atoms with Crippen LogP contribution in [0.15, 0.2) is 91.0 Å². The molecule has 2 amide bonds. The van der Waals surface area contributed by atoms with E-state index in [4.69, 9.17) is 24.5 Å². The highest BCUT2D eigenvalue weighted by Crippen LogP contribution is 2.29. The third kappa shape index (κ3) is 8.15. The number of hydrogen-bond acceptors (Lipinski definition) is 7. The zero-order chi connectivity index (χ0) is 25.8. The quantitative estimate of drug-likeness (QED) is 0.180. The van der Waals surface area contributed by atoms with Crippen molar-refractivity contribution in [1.82, 2.24) is 5.48 Å². The van der Waals surface area contributed by atoms with Gasteiger partial charge in [-0.25, -0.2) is 10.3 Å². The SMILES string of the molecule is Cc1ccc(NC(=O)O[C@H](c2ccc(OCCO)cc2)[C@@H](/C=C/C(=O)NO)Oc2ccccc2)cc1. The summed E-state index contributed by atoms with van der Waals surface area (Å²) in [4.78, 5) is 24.6. The van der Waals surface area contributed by atoms with Gasteiger partial charge in [0.2, 0.25) is 0 Å². The standard InChI is InChI=1S/C27H28N2O7/c1-19-7-11-21(12-8-19)28-27(32)36-26(20-9-13-22(14-10-20)34-18-17-30)24(15-16-25(31)29-33)35-23-5-3-2-4-6-23/h2-16,24,26,30,33H,17-18H2,1H3,(H,28,32)(H,29,31)/b16-15+/t24-,26-/m1/s1. The van der Waals surface area contributed by atoms with Crippen molar-refractivity contribution in [2.24, 2.45) is 0 Å². The van der Waals surface area contributed by atoms with Crippen LogP contribution in [0, 0.1) is 6.92 Å². The molecule has 188 valence electrons. The number of carbonyl (C=O) groups excluding carboxylic acids is 2. The molecule has 36 heavy (non-hydrogen) atoms. The first-order valence-corrected chi connectivity index (χ1v) is 11.2. The van der Waals surface area contributed by atoms with Gasteiger partial charge >= 0.3 is 6.09 Å². The summed E-state index contributed by atoms with van der Waals surface area (Å²) in [6.07, 6.45) is -0.201. The van der Waals surface area contributed by atoms with Gasteiger partial charge in [-0.3, -0.25) is 15.3 Å². The van der Waals surface area contributed by atoms with E-state index in [9.17, 15) is 9.59 Å². The van der Waals surface area contributed by atoms with Crippen molar-refractivity contribution in [2.45, 2.75) is 19.1 Å². The molecule has 4 N–H and O–H groups in total. The molecule has 0 aromatic heterocycles. The van der Waals surface area contributed by atoms with Gasteiger partial charge in [-0.1, -0.05) is 48.0 Å². The summed E-state index contributed by atoms with van der Waals surface area (Å²) in [7, 11) is 0. The molecular weight excluding hydrogens is 464 g/mol. The molecule has 0 aliphatic heterocycles. The predicted molar refractivity (Wildman–Crippen MR) is 133 cm³/mol. The van der Waals surface area contributed by atoms with Gasteiger partial charge in [-0.2, -0.15) is 0 Å². The summed E-state index contributed by atoms with van der Waals surface area (Å²) in [5.74, 6) is 0.227. The molecule has 0 aliphatic rings. The Kier molecular flexibility index (Phi) is 9.87. The average Bonchev–Trinajstić information content (AvgIpc) is 2.90. The number of rotatable bonds is 11. The van der Waals surface area contributed by atoms with Crippen molar-refractivity contribution < 1.29 is 34.1 Å². The van der Waals surface area contributed by atoms with E-state index in [0.29, 0.717) is 22.7 Å². The lowest BCUT2D eigenvalue weighted by atomic mass is 10.0. The minimum atomic E-state index is -0.995. The van der Waals surface area contributed by atoms with Gasteiger partial charge in [-0.05, 0) is 55.0 Å². The largest absolute Gasteiger partial charge is 0.491 e. The highest BCUT2D eigenvalue weighted by molar-refractivity contribution is 5.86. The van der Waals surface area contributed by atoms with Crippen LogP contribution in [0.2, 0.25) is 0 Å². The number of carbonyl (C=O) groups is 2. The lowest BCUT2D eigenvalue weighted by molar-refractivity contribution is -0.124. The number of amides is 2. The summed E-state index contributed by atoms with van der Waals surface area (Å²) in [6, 6.07) is 22.8. The van der Waals surface area contributed by atoms with Gasteiger partial charge in [0.25, 0.3) is 5.91 Å². The Hall–Kier alpha value is -4.34. The number of aliphatic hydroxyl groups excluding tert-OH is 1. The first-order chi connectivity index (χ1) is 17.5. The Balaban J connectivity index is 1.91. The zero-order valence-electron chi connectivity index (χ0n) is 19.7. The van der Waals surface area contributed by atoms with E-state index in [1.807, 2.05) is 25.1 Å². The number of benzene rings is 3. The number of ether oxygens (including phenoxy) is 3. The second-order valence-electron chi connectivity index (χ2n) is 7.69. The number of aliphatic hydroxyl groups is 1. The Bertz CT molecular complexity index is 1130. The fraction of sp³-hybridized carbons (Fsp3) is 0.185. The molecule has 0 saturated heterocycles. The highest BCUT2D eigenvalue weighted by Gasteiger charge is 2.28. The lowest BCUT2D eigenvalue weighted by Crippen LogP contribution is -2.30. The number of hydroxylamine groups is 1. The van der Waals surface area contributed by atoms with Crippen molar-refractivity contribution in [2.75, 3.05) is 18.5 Å². The second-order valence-corrected chi connectivity index (χ2v) is 7.69. The average molecular weight is 493 g/mol. The number of nitrogens with one attached hydrogen (secondary N) is 2. The van der Waals surface area contributed by atoms with Gasteiger partial charge in [0.05, 0.1) is 6.61 Å². The molecule has 0 saturated carbocycles. The summed E-state index contributed by atoms with van der Waals surface area (Å²) in [6.45, 7) is 1.95. The van der Waals surface area contributed by atoms with Crippen LogP contribution in [0.25, 0.3) is 0 Å². The molecule has 0 bridgehead atoms. The van der Waals surface area contributed by atoms with Gasteiger partial charge in [0.1, 0.15) is 18.1 Å². The third-order valence-corrected chi connectivity index (χ3v) is 4.96. The number of aryl methyl sites for hydroxylation is 1. The molecule has 0 fully saturated rings. The van der Waals surface area contributed by atoms with Crippen LogP contribution in [0.3, 0.4) is 0 Å². The Morgan fingerprint density at radius 3 is 2.28 bits per heavy atom. The number of anilines is 1. The first kappa shape index (κ1) is 26.3. The number of hydrogen-bond donors (Lipinski definition) is 4. The molecule has 9 nitrogen and oxygen atoms in total. The highest BCUT2D eigenvalue weighted by atomic mass is 16.6. The first-order valence-electron chi connectivity index (χ1n) is 11.2. The molecule has 0 radical (unpaired) electrons. The van der Waals surface area contributed by atoms with E-state index in [1.165, 1.54) is 11.6 Å². The smallest absolute Gasteiger partial charge is 0.412 e. The summed E-state index contributed by atoms with van der Waals surface area (Å²) < 4.78 is 17.3. The van der Waals surface area contributed by atoms with Crippen molar-refractivity contribution in [3.05, 3.63) is 102 Å². The van der Waals surface area contributed by atoms with Crippen molar-refractivity contribution >= 4 is 17.7 Å². The van der Waals surface area contributed by atoms with Crippen LogP contribution in [0.4, 0.5) is 10.5 Å². The topological polar surface area (TPSA) is 126 Å². The fourth-order valence-electron chi connectivity index (χ4n) is 3.22. The van der Waals surface area contributed by atoms with Crippen LogP contribution in [0.5, 0.6) is 11.5 Å². The lowest BCUT2D eigenvalue weighted by Gasteiger charge is -2.26. The maximum atomic E-state index is 12.9. The molecule has 0 unspecified atom stereocenters. The molecule has 3 aromatic rings. The monoisotopic (exact) mass is 492 g/mol. The molecule has 0 aliphatic carbocycles. The molecular formula is C27H28N2O7. The van der Waals surface area contributed by atoms with Gasteiger partial charge < -0.3 is 19.3 Å². The Morgan fingerprint density at radius 1 is 0.944 bits per heavy atom. The van der Waals surface area contributed by atoms with E-state index >= 15 is 0 Å². The fourth-order valence-corrected chi connectivity index (χ4v) is 3.22. The minimum absolute atomic E-state index is 0.128. The molecule has 0 heterocycles. The van der Waals surface area contributed by atoms with Crippen molar-refractivity contribution in [3.63, 3.8) is 0 Å². The van der Waals surface area contributed by atoms with Gasteiger partial charge in [0, 0.05) is 11.8 Å². The van der Waals surface area contributed by atoms with E-state index < -0.39 is 24.2 Å². The zero-order valence-corrected chi connectivity index (χ0v) is 19.7. The maximum Gasteiger partial charge on any atom is 0.412 e. The van der Waals surface area contributed by atoms with Crippen LogP contribution in [-0.4, -0.2) is 41.6 Å². The maximum absolute atomic E-state index is 12.9. The third-order valence-electron chi connectivity index (χ3n) is 4.96. The van der Waals surface area contributed by atoms with E-state index in [1.54, 1.807) is 60.7 Å². The van der Waals surface area contributed by atoms with Crippen LogP contribution in [-0.2, 0) is 9.53 Å². The summed E-state index contributed by atoms with van der Waals surface area (Å²) in [5.41, 5.74) is 3.68. The van der Waals surface area contributed by atoms with Crippen molar-refractivity contribution in [1.29, 1.82) is 0 Å². The summed E-state index contributed by atoms with van der Waals surface area (Å²) >= 11 is 0. The van der Waals surface area contributed by atoms with E-state index in [0.717, 1.165) is 11.6 Å². The van der Waals surface area contributed by atoms with Crippen molar-refractivity contribution in [3.8, 4) is 11.5 Å². The van der Waals surface area contributed by atoms with Crippen LogP contribution in [0.1, 0.15) is 17.2 Å². The summed E-state index contributed by atoms with van der Waals surface area (Å²) in [5, 5.41) is 20.6. The van der Waals surface area contributed by atoms with Crippen LogP contribution < -0.4 is 20.3 Å². The predicted octanol–water partition coefficient (Wildman–Crippen LogP) is 4.17. The Labute approximate surface area is 208 Å². The molecule has 0 spiro atoms. The van der Waals surface area contributed by atoms with Gasteiger partial charge in [-0.15, -0.1) is 0 Å². The number of para-hydroxylation sites is 1. The minimum Gasteiger partial charge on any atom is -0.491 e. The van der Waals surface area contributed by atoms with Gasteiger partial charge in [0.15, 0.2) is 12.2 Å². The molecule has 2 atom stereocenters. The van der Waals surface area contributed by atoms with E-state index in [-0.39, 0.29) is 13.2 Å². The molecule has 9 heteroatoms. The molecule has 3 aromatic carbocycles. The normalized spacial score (nSPS) is 12.4. The van der Waals surface area contributed by atoms with E-state index in [2.05, 4.69) is 5.32 Å². The second kappa shape index (κ2) is 13.5. The molecule has 3 rings (SSSR count).